The van der Waals surface area contributed by atoms with E-state index < -0.39 is 0 Å². The number of ether oxygens (including phenoxy) is 2. The maximum Gasteiger partial charge on any atom is 0.340 e. The van der Waals surface area contributed by atoms with E-state index in [2.05, 4.69) is 26.1 Å². The molecule has 1 aliphatic heterocycles. The summed E-state index contributed by atoms with van der Waals surface area (Å²) in [6, 6.07) is 6.40. The lowest BCUT2D eigenvalue weighted by molar-refractivity contribution is 0.0369. The molecule has 1 N–H and O–H groups in total. The number of nitrogens with one attached hydrogen (secondary N) is 1. The first kappa shape index (κ1) is 16.7. The molecular formula is C17H23BrN2O3. The molecule has 6 heteroatoms. The molecule has 126 valence electrons. The SMILES string of the molecule is COC(=O)c1cc(Br)ccc1N1CCO[C@@H](CNC2CCC2)C1. The molecule has 1 atom stereocenters. The van der Waals surface area contributed by atoms with E-state index in [-0.39, 0.29) is 12.1 Å². The number of rotatable bonds is 5. The van der Waals surface area contributed by atoms with Crippen LogP contribution in [0.4, 0.5) is 5.69 Å². The zero-order chi connectivity index (χ0) is 16.2. The van der Waals surface area contributed by atoms with Crippen molar-refractivity contribution in [3.05, 3.63) is 28.2 Å². The number of morpholine rings is 1. The lowest BCUT2D eigenvalue weighted by Gasteiger charge is -2.37. The van der Waals surface area contributed by atoms with E-state index in [1.807, 2.05) is 18.2 Å². The van der Waals surface area contributed by atoms with E-state index in [1.165, 1.54) is 26.4 Å². The summed E-state index contributed by atoms with van der Waals surface area (Å²) in [7, 11) is 1.41. The third-order valence-electron chi connectivity index (χ3n) is 4.58. The highest BCUT2D eigenvalue weighted by atomic mass is 79.9. The molecule has 1 aromatic carbocycles. The monoisotopic (exact) mass is 382 g/mol. The summed E-state index contributed by atoms with van der Waals surface area (Å²) in [5, 5.41) is 3.57. The van der Waals surface area contributed by atoms with Crippen molar-refractivity contribution in [2.75, 3.05) is 38.3 Å². The molecule has 3 rings (SSSR count). The summed E-state index contributed by atoms with van der Waals surface area (Å²) in [5.41, 5.74) is 1.51. The van der Waals surface area contributed by atoms with Gasteiger partial charge in [-0.25, -0.2) is 4.79 Å². The predicted molar refractivity (Wildman–Crippen MR) is 93.1 cm³/mol. The van der Waals surface area contributed by atoms with Crippen LogP contribution >= 0.6 is 15.9 Å². The second-order valence-electron chi connectivity index (χ2n) is 6.13. The third-order valence-corrected chi connectivity index (χ3v) is 5.08. The molecule has 1 saturated carbocycles. The Balaban J connectivity index is 1.68. The van der Waals surface area contributed by atoms with E-state index in [4.69, 9.17) is 9.47 Å². The Bertz CT molecular complexity index is 563. The molecule has 0 bridgehead atoms. The van der Waals surface area contributed by atoms with Gasteiger partial charge in [0.1, 0.15) is 0 Å². The molecule has 1 aliphatic carbocycles. The van der Waals surface area contributed by atoms with Gasteiger partial charge in [0, 0.05) is 30.1 Å². The Morgan fingerprint density at radius 1 is 1.48 bits per heavy atom. The van der Waals surface area contributed by atoms with Gasteiger partial charge in [-0.1, -0.05) is 22.4 Å². The standard InChI is InChI=1S/C17H23BrN2O3/c1-22-17(21)15-9-12(18)5-6-16(15)20-7-8-23-14(11-20)10-19-13-3-2-4-13/h5-6,9,13-14,19H,2-4,7-8,10-11H2,1H3/t14-/m0/s1. The summed E-state index contributed by atoms with van der Waals surface area (Å²) in [5.74, 6) is -0.308. The van der Waals surface area contributed by atoms with Crippen LogP contribution in [0.25, 0.3) is 0 Å². The van der Waals surface area contributed by atoms with Crippen LogP contribution in [0.2, 0.25) is 0 Å². The number of hydrogen-bond donors (Lipinski definition) is 1. The Morgan fingerprint density at radius 2 is 2.30 bits per heavy atom. The molecule has 23 heavy (non-hydrogen) atoms. The Kier molecular flexibility index (Phi) is 5.56. The molecular weight excluding hydrogens is 360 g/mol. The van der Waals surface area contributed by atoms with Gasteiger partial charge < -0.3 is 19.7 Å². The first-order chi connectivity index (χ1) is 11.2. The molecule has 0 aromatic heterocycles. The fourth-order valence-corrected chi connectivity index (χ4v) is 3.39. The molecule has 0 unspecified atom stereocenters. The number of nitrogens with zero attached hydrogens (tertiary/aromatic N) is 1. The molecule has 1 heterocycles. The Labute approximate surface area is 145 Å². The fraction of sp³-hybridized carbons (Fsp3) is 0.588. The summed E-state index contributed by atoms with van der Waals surface area (Å²) in [6.45, 7) is 3.11. The third kappa shape index (κ3) is 4.05. The number of methoxy groups -OCH3 is 1. The van der Waals surface area contributed by atoms with Crippen LogP contribution in [0, 0.1) is 0 Å². The van der Waals surface area contributed by atoms with E-state index in [1.54, 1.807) is 0 Å². The zero-order valence-corrected chi connectivity index (χ0v) is 15.0. The zero-order valence-electron chi connectivity index (χ0n) is 13.4. The molecule has 0 spiro atoms. The van der Waals surface area contributed by atoms with Gasteiger partial charge in [-0.2, -0.15) is 0 Å². The highest BCUT2D eigenvalue weighted by molar-refractivity contribution is 9.10. The number of carbonyl (C=O) groups is 1. The average molecular weight is 383 g/mol. The minimum absolute atomic E-state index is 0.151. The molecule has 2 fully saturated rings. The number of benzene rings is 1. The first-order valence-corrected chi connectivity index (χ1v) is 8.94. The van der Waals surface area contributed by atoms with Gasteiger partial charge in [0.25, 0.3) is 0 Å². The van der Waals surface area contributed by atoms with Crippen LogP contribution in [0.15, 0.2) is 22.7 Å². The summed E-state index contributed by atoms with van der Waals surface area (Å²) < 4.78 is 11.7. The Hall–Kier alpha value is -1.11. The number of halogens is 1. The highest BCUT2D eigenvalue weighted by Crippen LogP contribution is 2.27. The highest BCUT2D eigenvalue weighted by Gasteiger charge is 2.26. The normalized spacial score (nSPS) is 21.8. The summed E-state index contributed by atoms with van der Waals surface area (Å²) >= 11 is 3.42. The quantitative estimate of drug-likeness (QED) is 0.793. The van der Waals surface area contributed by atoms with E-state index in [9.17, 15) is 4.79 Å². The molecule has 1 aromatic rings. The number of esters is 1. The number of anilines is 1. The average Bonchev–Trinajstić information content (AvgIpc) is 2.53. The molecule has 1 saturated heterocycles. The minimum Gasteiger partial charge on any atom is -0.465 e. The van der Waals surface area contributed by atoms with Crippen LogP contribution in [0.5, 0.6) is 0 Å². The first-order valence-electron chi connectivity index (χ1n) is 8.15. The second-order valence-corrected chi connectivity index (χ2v) is 7.04. The lowest BCUT2D eigenvalue weighted by atomic mass is 9.93. The van der Waals surface area contributed by atoms with Crippen molar-refractivity contribution in [2.24, 2.45) is 0 Å². The predicted octanol–water partition coefficient (Wildman–Crippen LogP) is 2.58. The van der Waals surface area contributed by atoms with Gasteiger partial charge in [0.05, 0.1) is 31.1 Å². The smallest absolute Gasteiger partial charge is 0.340 e. The van der Waals surface area contributed by atoms with Crippen LogP contribution in [-0.2, 0) is 9.47 Å². The van der Waals surface area contributed by atoms with Crippen LogP contribution in [-0.4, -0.2) is 51.5 Å². The second kappa shape index (κ2) is 7.64. The van der Waals surface area contributed by atoms with Crippen molar-refractivity contribution in [1.29, 1.82) is 0 Å². The van der Waals surface area contributed by atoms with Crippen LogP contribution < -0.4 is 10.2 Å². The maximum atomic E-state index is 12.1. The van der Waals surface area contributed by atoms with Crippen LogP contribution in [0.3, 0.4) is 0 Å². The topological polar surface area (TPSA) is 50.8 Å². The van der Waals surface area contributed by atoms with Gasteiger partial charge in [-0.05, 0) is 31.0 Å². The van der Waals surface area contributed by atoms with Crippen molar-refractivity contribution in [2.45, 2.75) is 31.4 Å². The van der Waals surface area contributed by atoms with Crippen molar-refractivity contribution >= 4 is 27.6 Å². The Morgan fingerprint density at radius 3 is 3.00 bits per heavy atom. The summed E-state index contributed by atoms with van der Waals surface area (Å²) in [6.07, 6.45) is 4.03. The van der Waals surface area contributed by atoms with Gasteiger partial charge in [0.15, 0.2) is 0 Å². The molecule has 5 nitrogen and oxygen atoms in total. The number of hydrogen-bond acceptors (Lipinski definition) is 5. The molecule has 0 radical (unpaired) electrons. The van der Waals surface area contributed by atoms with Crippen LogP contribution in [0.1, 0.15) is 29.6 Å². The summed E-state index contributed by atoms with van der Waals surface area (Å²) in [4.78, 5) is 14.3. The maximum absolute atomic E-state index is 12.1. The van der Waals surface area contributed by atoms with Crippen molar-refractivity contribution in [3.63, 3.8) is 0 Å². The fourth-order valence-electron chi connectivity index (χ4n) is 3.03. The van der Waals surface area contributed by atoms with Gasteiger partial charge in [-0.3, -0.25) is 0 Å². The largest absolute Gasteiger partial charge is 0.465 e. The number of carbonyl (C=O) groups excluding carboxylic acids is 1. The molecule has 0 amide bonds. The lowest BCUT2D eigenvalue weighted by Crippen LogP contribution is -2.49. The van der Waals surface area contributed by atoms with Crippen molar-refractivity contribution in [1.82, 2.24) is 5.32 Å². The van der Waals surface area contributed by atoms with Gasteiger partial charge in [-0.15, -0.1) is 0 Å². The van der Waals surface area contributed by atoms with E-state index in [0.717, 1.165) is 29.8 Å². The van der Waals surface area contributed by atoms with E-state index in [0.29, 0.717) is 18.2 Å². The van der Waals surface area contributed by atoms with Gasteiger partial charge >= 0.3 is 5.97 Å². The van der Waals surface area contributed by atoms with Gasteiger partial charge in [0.2, 0.25) is 0 Å². The van der Waals surface area contributed by atoms with Crippen molar-refractivity contribution in [3.8, 4) is 0 Å². The minimum atomic E-state index is -0.308. The van der Waals surface area contributed by atoms with Crippen molar-refractivity contribution < 1.29 is 14.3 Å². The molecule has 2 aliphatic rings. The van der Waals surface area contributed by atoms with E-state index >= 15 is 0 Å².